The lowest BCUT2D eigenvalue weighted by atomic mass is 9.84. The molecule has 18 nitrogen and oxygen atoms in total. The predicted octanol–water partition coefficient (Wildman–Crippen LogP) is 15.4. The molecule has 0 bridgehead atoms. The molecule has 0 aromatic rings. The Morgan fingerprint density at radius 1 is 0.483 bits per heavy atom. The summed E-state index contributed by atoms with van der Waals surface area (Å²) in [7, 11) is 0. The second-order valence-electron chi connectivity index (χ2n) is 23.6. The SMILES string of the molecule is CCCCCCCCC(/C=C/CCCCCCC(=O)OC(COC(=O)CCCCCCC/C=C\C=C\C(CCCCC)C1CC(=O)OCOC1=O)COC(=O)CCCCCCC/C=C\C/C=C\C=C\C(CC)C1CC(=O)OCOC1=O)C(CC(=O)O)C(=O)O. The highest BCUT2D eigenvalue weighted by atomic mass is 16.7. The topological polar surface area (TPSA) is 259 Å². The molecule has 7 atom stereocenters. The van der Waals surface area contributed by atoms with Gasteiger partial charge in [0, 0.05) is 19.3 Å². The fourth-order valence-electron chi connectivity index (χ4n) is 10.8. The van der Waals surface area contributed by atoms with E-state index in [2.05, 4.69) is 32.1 Å². The van der Waals surface area contributed by atoms with Crippen molar-refractivity contribution in [1.29, 1.82) is 0 Å². The number of carboxylic acids is 2. The fraction of sp³-hybridized carbons (Fsp3) is 0.704. The highest BCUT2D eigenvalue weighted by Crippen LogP contribution is 2.29. The van der Waals surface area contributed by atoms with Gasteiger partial charge in [0.25, 0.3) is 0 Å². The molecule has 0 radical (unpaired) electrons. The van der Waals surface area contributed by atoms with Crippen molar-refractivity contribution in [2.24, 2.45) is 35.5 Å². The minimum absolute atomic E-state index is 0.0147. The fourth-order valence-corrected chi connectivity index (χ4v) is 10.8. The molecule has 2 aliphatic rings. The molecule has 18 heteroatoms. The van der Waals surface area contributed by atoms with Crippen LogP contribution in [0.25, 0.3) is 0 Å². The summed E-state index contributed by atoms with van der Waals surface area (Å²) in [6.07, 6.45) is 49.6. The third-order valence-corrected chi connectivity index (χ3v) is 16.2. The third-order valence-electron chi connectivity index (χ3n) is 16.2. The van der Waals surface area contributed by atoms with Crippen molar-refractivity contribution in [1.82, 2.24) is 0 Å². The Labute approximate surface area is 531 Å². The van der Waals surface area contributed by atoms with Crippen LogP contribution in [0.5, 0.6) is 0 Å². The number of carboxylic acid groups (broad SMARTS) is 2. The second kappa shape index (κ2) is 52.4. The van der Waals surface area contributed by atoms with Gasteiger partial charge >= 0.3 is 53.7 Å². The van der Waals surface area contributed by atoms with Crippen LogP contribution in [0.4, 0.5) is 0 Å². The summed E-state index contributed by atoms with van der Waals surface area (Å²) in [4.78, 5) is 111. The van der Waals surface area contributed by atoms with Crippen LogP contribution in [0.3, 0.4) is 0 Å². The monoisotopic (exact) mass is 1250 g/mol. The highest BCUT2D eigenvalue weighted by molar-refractivity contribution is 5.82. The van der Waals surface area contributed by atoms with Gasteiger partial charge in [-0.1, -0.05) is 203 Å². The Hall–Kier alpha value is -6.33. The van der Waals surface area contributed by atoms with E-state index in [9.17, 15) is 53.4 Å². The molecule has 7 unspecified atom stereocenters. The van der Waals surface area contributed by atoms with Crippen molar-refractivity contribution in [3.8, 4) is 0 Å². The summed E-state index contributed by atoms with van der Waals surface area (Å²) < 4.78 is 36.7. The van der Waals surface area contributed by atoms with E-state index in [1.807, 2.05) is 61.6 Å². The summed E-state index contributed by atoms with van der Waals surface area (Å²) >= 11 is 0. The molecule has 2 fully saturated rings. The van der Waals surface area contributed by atoms with Crippen molar-refractivity contribution in [3.05, 3.63) is 72.9 Å². The second-order valence-corrected chi connectivity index (χ2v) is 23.6. The van der Waals surface area contributed by atoms with Gasteiger partial charge in [0.1, 0.15) is 13.2 Å². The van der Waals surface area contributed by atoms with Crippen molar-refractivity contribution in [3.63, 3.8) is 0 Å². The maximum absolute atomic E-state index is 13.1. The molecule has 89 heavy (non-hydrogen) atoms. The smallest absolute Gasteiger partial charge is 0.313 e. The Morgan fingerprint density at radius 2 is 0.944 bits per heavy atom. The number of allylic oxidation sites excluding steroid dienone is 12. The average molecular weight is 1250 g/mol. The number of hydrogen-bond acceptors (Lipinski definition) is 16. The van der Waals surface area contributed by atoms with Crippen LogP contribution in [-0.4, -0.2) is 96.8 Å². The molecule has 502 valence electrons. The first kappa shape index (κ1) is 78.8. The Balaban J connectivity index is 1.81. The van der Waals surface area contributed by atoms with Crippen molar-refractivity contribution >= 4 is 53.7 Å². The molecule has 2 N–H and O–H groups in total. The van der Waals surface area contributed by atoms with Crippen molar-refractivity contribution < 1.29 is 86.5 Å². The summed E-state index contributed by atoms with van der Waals surface area (Å²) in [5.41, 5.74) is 0. The molecule has 2 aliphatic heterocycles. The zero-order valence-electron chi connectivity index (χ0n) is 54.2. The first-order valence-corrected chi connectivity index (χ1v) is 33.8. The lowest BCUT2D eigenvalue weighted by Gasteiger charge is -2.20. The van der Waals surface area contributed by atoms with E-state index >= 15 is 0 Å². The number of cyclic esters (lactones) is 4. The van der Waals surface area contributed by atoms with Gasteiger partial charge in [-0.15, -0.1) is 0 Å². The van der Waals surface area contributed by atoms with E-state index in [-0.39, 0.29) is 76.7 Å². The minimum Gasteiger partial charge on any atom is -0.481 e. The molecule has 2 saturated heterocycles. The van der Waals surface area contributed by atoms with Gasteiger partial charge in [0.15, 0.2) is 6.10 Å². The lowest BCUT2D eigenvalue weighted by molar-refractivity contribution is -0.167. The van der Waals surface area contributed by atoms with E-state index in [1.54, 1.807) is 0 Å². The number of esters is 7. The normalized spacial score (nSPS) is 17.5. The van der Waals surface area contributed by atoms with Gasteiger partial charge in [-0.05, 0) is 101 Å². The molecule has 0 spiro atoms. The Bertz CT molecular complexity index is 2210. The van der Waals surface area contributed by atoms with Gasteiger partial charge < -0.3 is 43.4 Å². The van der Waals surface area contributed by atoms with Crippen LogP contribution >= 0.6 is 0 Å². The summed E-state index contributed by atoms with van der Waals surface area (Å²) in [5, 5.41) is 19.2. The van der Waals surface area contributed by atoms with E-state index in [1.165, 1.54) is 0 Å². The van der Waals surface area contributed by atoms with Gasteiger partial charge in [-0.25, -0.2) is 0 Å². The standard InChI is InChI=1S/C71H110O18/c1-4-7-9-10-26-35-43-57(60(69(79)80)49-63(72)73)44-36-29-24-25-32-40-48-66(76)89-59(52-83-64(74)46-38-30-22-18-14-12-11-13-16-20-27-34-41-56(6-3)61-50-67(77)85-54-87-70(61)81)53-84-65(75)47-39-31-23-19-15-17-21-28-37-45-58(42-33-8-5-2)62-51-68(78)86-55-88-71(62)82/h11,13,20-21,27-28,34,36-37,41,44-45,56-62H,4-10,12,14-19,22-26,29-33,35,38-40,42-43,46-55H2,1-3H3,(H,72,73)(H,79,80)/b13-11-,27-20-,28-21-,41-34+,44-36+,45-37+. The maximum atomic E-state index is 13.1. The molecule has 2 rings (SSSR count). The number of ether oxygens (including phenoxy) is 7. The van der Waals surface area contributed by atoms with Crippen molar-refractivity contribution in [2.45, 2.75) is 258 Å². The number of aliphatic carboxylic acids is 2. The van der Waals surface area contributed by atoms with Crippen LogP contribution < -0.4 is 0 Å². The van der Waals surface area contributed by atoms with Gasteiger partial charge in [0.05, 0.1) is 37.0 Å². The molecular formula is C71H110O18. The number of carbonyl (C=O) groups excluding carboxylic acids is 7. The zero-order valence-corrected chi connectivity index (χ0v) is 54.2. The Kier molecular flexibility index (Phi) is 46.4. The minimum atomic E-state index is -1.12. The molecule has 2 heterocycles. The number of hydrogen-bond donors (Lipinski definition) is 2. The molecule has 0 aliphatic carbocycles. The van der Waals surface area contributed by atoms with E-state index in [4.69, 9.17) is 33.2 Å². The third kappa shape index (κ3) is 40.8. The van der Waals surface area contributed by atoms with Crippen LogP contribution in [0, 0.1) is 35.5 Å². The van der Waals surface area contributed by atoms with E-state index in [0.29, 0.717) is 38.5 Å². The number of rotatable bonds is 53. The van der Waals surface area contributed by atoms with Gasteiger partial charge in [-0.2, -0.15) is 0 Å². The quantitative estimate of drug-likeness (QED) is 0.0189. The summed E-state index contributed by atoms with van der Waals surface area (Å²) in [6.45, 7) is 5.10. The largest absolute Gasteiger partial charge is 0.481 e. The zero-order chi connectivity index (χ0) is 65.0. The number of unbranched alkanes of at least 4 members (excludes halogenated alkanes) is 21. The van der Waals surface area contributed by atoms with Crippen LogP contribution in [0.1, 0.15) is 252 Å². The van der Waals surface area contributed by atoms with Crippen LogP contribution in [-0.2, 0) is 76.3 Å². The molecular weight excluding hydrogens is 1140 g/mol. The molecule has 0 aromatic carbocycles. The van der Waals surface area contributed by atoms with E-state index in [0.717, 1.165) is 154 Å². The molecule has 0 amide bonds. The summed E-state index contributed by atoms with van der Waals surface area (Å²) in [5.74, 6) is -7.88. The van der Waals surface area contributed by atoms with Gasteiger partial charge in [-0.3, -0.25) is 43.2 Å². The maximum Gasteiger partial charge on any atom is 0.313 e. The van der Waals surface area contributed by atoms with E-state index < -0.39 is 84.0 Å². The highest BCUT2D eigenvalue weighted by Gasteiger charge is 2.34. The first-order valence-electron chi connectivity index (χ1n) is 33.8. The van der Waals surface area contributed by atoms with Crippen molar-refractivity contribution in [2.75, 3.05) is 26.8 Å². The lowest BCUT2D eigenvalue weighted by Crippen LogP contribution is -2.30. The Morgan fingerprint density at radius 3 is 1.49 bits per heavy atom. The van der Waals surface area contributed by atoms with Crippen LogP contribution in [0.15, 0.2) is 72.9 Å². The molecule has 0 saturated carbocycles. The summed E-state index contributed by atoms with van der Waals surface area (Å²) in [6, 6.07) is 0. The first-order chi connectivity index (χ1) is 43.2. The number of carbonyl (C=O) groups is 9. The van der Waals surface area contributed by atoms with Crippen LogP contribution in [0.2, 0.25) is 0 Å². The van der Waals surface area contributed by atoms with Gasteiger partial charge in [0.2, 0.25) is 13.6 Å². The molecule has 0 aromatic heterocycles. The average Bonchev–Trinajstić information content (AvgIpc) is 4.09. The predicted molar refractivity (Wildman–Crippen MR) is 340 cm³/mol.